The third-order valence-electron chi connectivity index (χ3n) is 3.83. The fourth-order valence-corrected chi connectivity index (χ4v) is 2.33. The summed E-state index contributed by atoms with van der Waals surface area (Å²) in [5.41, 5.74) is 0.975. The van der Waals surface area contributed by atoms with Gasteiger partial charge in [0, 0.05) is 30.1 Å². The maximum absolute atomic E-state index is 13.0. The molecule has 0 aliphatic rings. The van der Waals surface area contributed by atoms with Crippen LogP contribution < -0.4 is 15.4 Å². The Kier molecular flexibility index (Phi) is 10.6. The Morgan fingerprint density at radius 3 is 2.57 bits per heavy atom. The predicted molar refractivity (Wildman–Crippen MR) is 127 cm³/mol. The van der Waals surface area contributed by atoms with E-state index in [0.29, 0.717) is 18.2 Å². The molecule has 0 spiro atoms. The van der Waals surface area contributed by atoms with Gasteiger partial charge in [0.05, 0.1) is 6.54 Å². The summed E-state index contributed by atoms with van der Waals surface area (Å²) >= 11 is 1.81. The lowest BCUT2D eigenvalue weighted by atomic mass is 10.2. The number of halogens is 2. The molecule has 0 bridgehead atoms. The monoisotopic (exact) mass is 518 g/mol. The lowest BCUT2D eigenvalue weighted by molar-refractivity contribution is 0.460. The van der Waals surface area contributed by atoms with Gasteiger partial charge < -0.3 is 15.4 Å². The molecule has 0 unspecified atom stereocenters. The lowest BCUT2D eigenvalue weighted by Gasteiger charge is -2.23. The van der Waals surface area contributed by atoms with E-state index in [1.54, 1.807) is 18.3 Å². The molecule has 0 atom stereocenters. The molecule has 0 radical (unpaired) electrons. The molecule has 0 aliphatic heterocycles. The van der Waals surface area contributed by atoms with Crippen molar-refractivity contribution in [3.63, 3.8) is 0 Å². The van der Waals surface area contributed by atoms with Gasteiger partial charge in [0.25, 0.3) is 0 Å². The first-order chi connectivity index (χ1) is 12.9. The second-order valence-electron chi connectivity index (χ2n) is 6.57. The van der Waals surface area contributed by atoms with Crippen molar-refractivity contribution in [3.8, 4) is 11.6 Å². The molecule has 5 nitrogen and oxygen atoms in total. The molecule has 1 heterocycles. The first-order valence-electron chi connectivity index (χ1n) is 8.87. The minimum atomic E-state index is -0.300. The zero-order valence-electron chi connectivity index (χ0n) is 16.7. The van der Waals surface area contributed by atoms with Crippen LogP contribution in [0, 0.1) is 5.82 Å². The zero-order chi connectivity index (χ0) is 19.7. The van der Waals surface area contributed by atoms with E-state index >= 15 is 0 Å². The van der Waals surface area contributed by atoms with Gasteiger partial charge in [0.15, 0.2) is 5.96 Å². The predicted octanol–water partition coefficient (Wildman–Crippen LogP) is 4.83. The normalized spacial score (nSPS) is 11.5. The number of ether oxygens (including phenoxy) is 1. The third kappa shape index (κ3) is 8.64. The van der Waals surface area contributed by atoms with E-state index in [2.05, 4.69) is 40.7 Å². The number of pyridine rings is 1. The third-order valence-corrected chi connectivity index (χ3v) is 5.08. The number of aromatic nitrogens is 1. The van der Waals surface area contributed by atoms with Gasteiger partial charge in [0.1, 0.15) is 11.6 Å². The number of aliphatic imine (C=N–C) groups is 1. The number of guanidine groups is 1. The molecular weight excluding hydrogens is 490 g/mol. The zero-order valence-corrected chi connectivity index (χ0v) is 19.8. The molecule has 28 heavy (non-hydrogen) atoms. The molecule has 0 saturated carbocycles. The van der Waals surface area contributed by atoms with E-state index in [1.165, 1.54) is 12.1 Å². The Morgan fingerprint density at radius 2 is 1.93 bits per heavy atom. The van der Waals surface area contributed by atoms with E-state index in [1.807, 2.05) is 30.8 Å². The standard InChI is InChI=1S/C20H27FN4OS.HI/c1-5-22-19(25-14-20(2,3)27-4)24-13-15-10-11-23-18(12-15)26-17-8-6-16(21)7-9-17;/h6-12H,5,13-14H2,1-4H3,(H2,22,24,25);1H. The Bertz CT molecular complexity index is 756. The van der Waals surface area contributed by atoms with Crippen molar-refractivity contribution in [1.29, 1.82) is 0 Å². The number of nitrogens with zero attached hydrogens (tertiary/aromatic N) is 2. The molecule has 8 heteroatoms. The lowest BCUT2D eigenvalue weighted by Crippen LogP contribution is -2.43. The summed E-state index contributed by atoms with van der Waals surface area (Å²) in [6.07, 6.45) is 3.78. The van der Waals surface area contributed by atoms with Crippen LogP contribution in [-0.4, -0.2) is 35.0 Å². The van der Waals surface area contributed by atoms with Gasteiger partial charge in [-0.25, -0.2) is 14.4 Å². The number of hydrogen-bond donors (Lipinski definition) is 2. The van der Waals surface area contributed by atoms with Gasteiger partial charge in [0.2, 0.25) is 5.88 Å². The highest BCUT2D eigenvalue weighted by Crippen LogP contribution is 2.21. The number of benzene rings is 1. The summed E-state index contributed by atoms with van der Waals surface area (Å²) in [7, 11) is 0. The van der Waals surface area contributed by atoms with Crippen molar-refractivity contribution >= 4 is 41.7 Å². The second kappa shape index (κ2) is 12.1. The van der Waals surface area contributed by atoms with E-state index < -0.39 is 0 Å². The molecule has 2 aromatic rings. The molecule has 1 aromatic carbocycles. The molecule has 1 aromatic heterocycles. The maximum atomic E-state index is 13.0. The van der Waals surface area contributed by atoms with E-state index in [0.717, 1.165) is 24.6 Å². The fraction of sp³-hybridized carbons (Fsp3) is 0.400. The minimum Gasteiger partial charge on any atom is -0.439 e. The van der Waals surface area contributed by atoms with Gasteiger partial charge in [-0.3, -0.25) is 0 Å². The summed E-state index contributed by atoms with van der Waals surface area (Å²) < 4.78 is 18.8. The van der Waals surface area contributed by atoms with Crippen molar-refractivity contribution in [1.82, 2.24) is 15.6 Å². The van der Waals surface area contributed by atoms with Crippen LogP contribution in [0.3, 0.4) is 0 Å². The Labute approximate surface area is 188 Å². The number of nitrogens with one attached hydrogen (secondary N) is 2. The van der Waals surface area contributed by atoms with Gasteiger partial charge in [-0.15, -0.1) is 24.0 Å². The van der Waals surface area contributed by atoms with Crippen LogP contribution in [0.1, 0.15) is 26.3 Å². The molecule has 2 N–H and O–H groups in total. The Balaban J connectivity index is 0.00000392. The van der Waals surface area contributed by atoms with Crippen LogP contribution in [0.15, 0.2) is 47.6 Å². The van der Waals surface area contributed by atoms with Crippen LogP contribution >= 0.6 is 35.7 Å². The molecule has 154 valence electrons. The van der Waals surface area contributed by atoms with Gasteiger partial charge in [-0.05, 0) is 62.9 Å². The Morgan fingerprint density at radius 1 is 1.21 bits per heavy atom. The van der Waals surface area contributed by atoms with Crippen LogP contribution in [0.5, 0.6) is 11.6 Å². The van der Waals surface area contributed by atoms with E-state index in [9.17, 15) is 4.39 Å². The maximum Gasteiger partial charge on any atom is 0.219 e. The van der Waals surface area contributed by atoms with Crippen LogP contribution in [-0.2, 0) is 6.54 Å². The van der Waals surface area contributed by atoms with Crippen molar-refractivity contribution in [2.24, 2.45) is 4.99 Å². The summed E-state index contributed by atoms with van der Waals surface area (Å²) in [6, 6.07) is 9.59. The summed E-state index contributed by atoms with van der Waals surface area (Å²) in [4.78, 5) is 8.83. The summed E-state index contributed by atoms with van der Waals surface area (Å²) in [6.45, 7) is 8.53. The highest BCUT2D eigenvalue weighted by atomic mass is 127. The number of hydrogen-bond acceptors (Lipinski definition) is 4. The van der Waals surface area contributed by atoms with Crippen molar-refractivity contribution in [2.75, 3.05) is 19.3 Å². The molecule has 0 aliphatic carbocycles. The van der Waals surface area contributed by atoms with Crippen molar-refractivity contribution in [3.05, 3.63) is 54.0 Å². The second-order valence-corrected chi connectivity index (χ2v) is 8.08. The van der Waals surface area contributed by atoms with Crippen LogP contribution in [0.2, 0.25) is 0 Å². The topological polar surface area (TPSA) is 58.5 Å². The first kappa shape index (κ1) is 24.5. The molecule has 0 fully saturated rings. The Hall–Kier alpha value is -1.55. The highest BCUT2D eigenvalue weighted by Gasteiger charge is 2.16. The van der Waals surface area contributed by atoms with Gasteiger partial charge in [-0.2, -0.15) is 11.8 Å². The number of thioether (sulfide) groups is 1. The first-order valence-corrected chi connectivity index (χ1v) is 10.1. The minimum absolute atomic E-state index is 0. The molecular formula is C20H28FIN4OS. The smallest absolute Gasteiger partial charge is 0.219 e. The average molecular weight is 518 g/mol. The van der Waals surface area contributed by atoms with Crippen molar-refractivity contribution < 1.29 is 9.13 Å². The SMILES string of the molecule is CCNC(=NCc1ccnc(Oc2ccc(F)cc2)c1)NCC(C)(C)SC.I. The molecule has 0 amide bonds. The highest BCUT2D eigenvalue weighted by molar-refractivity contribution is 14.0. The summed E-state index contributed by atoms with van der Waals surface area (Å²) in [5, 5.41) is 6.63. The quantitative estimate of drug-likeness (QED) is 0.298. The fourth-order valence-electron chi connectivity index (χ4n) is 2.11. The van der Waals surface area contributed by atoms with Crippen LogP contribution in [0.4, 0.5) is 4.39 Å². The van der Waals surface area contributed by atoms with Gasteiger partial charge in [-0.1, -0.05) is 0 Å². The largest absolute Gasteiger partial charge is 0.439 e. The molecule has 2 rings (SSSR count). The van der Waals surface area contributed by atoms with Crippen LogP contribution in [0.25, 0.3) is 0 Å². The average Bonchev–Trinajstić information content (AvgIpc) is 2.66. The molecule has 0 saturated heterocycles. The van der Waals surface area contributed by atoms with Gasteiger partial charge >= 0.3 is 0 Å². The van der Waals surface area contributed by atoms with E-state index in [4.69, 9.17) is 4.74 Å². The summed E-state index contributed by atoms with van der Waals surface area (Å²) in [5.74, 6) is 1.47. The number of rotatable bonds is 8. The van der Waals surface area contributed by atoms with E-state index in [-0.39, 0.29) is 34.5 Å². The van der Waals surface area contributed by atoms with Crippen molar-refractivity contribution in [2.45, 2.75) is 32.1 Å².